The Bertz CT molecular complexity index is 857. The normalized spacial score (nSPS) is 10.6. The van der Waals surface area contributed by atoms with Gasteiger partial charge < -0.3 is 19.0 Å². The van der Waals surface area contributed by atoms with Crippen molar-refractivity contribution in [3.63, 3.8) is 0 Å². The molecule has 198 valence electrons. The first-order valence-corrected chi connectivity index (χ1v) is 13.2. The Morgan fingerprint density at radius 3 is 1.57 bits per heavy atom. The van der Waals surface area contributed by atoms with Crippen LogP contribution in [0.15, 0.2) is 91.0 Å². The molecule has 3 heteroatoms. The van der Waals surface area contributed by atoms with E-state index in [1.54, 1.807) is 12.1 Å². The Labute approximate surface area is 240 Å². The van der Waals surface area contributed by atoms with Crippen LogP contribution < -0.4 is 0 Å². The van der Waals surface area contributed by atoms with E-state index in [9.17, 15) is 9.90 Å². The Kier molecular flexibility index (Phi) is 24.3. The predicted molar refractivity (Wildman–Crippen MR) is 157 cm³/mol. The summed E-state index contributed by atoms with van der Waals surface area (Å²) in [4.78, 5) is 10.0. The second kappa shape index (κ2) is 24.3. The zero-order chi connectivity index (χ0) is 27.1. The summed E-state index contributed by atoms with van der Waals surface area (Å²) in [5.74, 6) is 0. The van der Waals surface area contributed by atoms with Crippen LogP contribution in [-0.4, -0.2) is 11.4 Å². The fraction of sp³-hybridized carbons (Fsp3) is 0.382. The molecule has 0 fully saturated rings. The molecule has 2 nitrogen and oxygen atoms in total. The van der Waals surface area contributed by atoms with Gasteiger partial charge in [0.2, 0.25) is 0 Å². The van der Waals surface area contributed by atoms with Gasteiger partial charge in [-0.3, -0.25) is 4.79 Å². The van der Waals surface area contributed by atoms with Crippen molar-refractivity contribution in [1.29, 1.82) is 0 Å². The van der Waals surface area contributed by atoms with Gasteiger partial charge in [-0.1, -0.05) is 156 Å². The standard InChI is InChI=1S/C12H18O.C10H13.C7H6O.C5H11.Zn/c1-2-3-5-10-12(13)11-8-6-4-7-9-11;1-10(2,3)9-7-5-4-6-8-9;8-6-7-4-2-1-3-5-7;1-3-5-4-2;/h4,6-9,12-13H,2-3,5,10H2,1H3;4-8H,1H2,2-3H3;1-6H;1,3-5H2,2H3;/q;-1;;-1;+2/t12-;;;;/m0..../s1. The van der Waals surface area contributed by atoms with Gasteiger partial charge >= 0.3 is 19.5 Å². The summed E-state index contributed by atoms with van der Waals surface area (Å²) in [6.07, 6.45) is 8.64. The van der Waals surface area contributed by atoms with Gasteiger partial charge in [-0.2, -0.15) is 6.42 Å². The summed E-state index contributed by atoms with van der Waals surface area (Å²) in [6, 6.07) is 29.3. The Balaban J connectivity index is 0. The second-order valence-electron chi connectivity index (χ2n) is 9.41. The van der Waals surface area contributed by atoms with E-state index in [1.165, 1.54) is 31.2 Å². The first-order valence-electron chi connectivity index (χ1n) is 13.2. The Morgan fingerprint density at radius 1 is 0.784 bits per heavy atom. The topological polar surface area (TPSA) is 37.3 Å². The number of carbonyl (C=O) groups excluding carboxylic acids is 1. The molecule has 3 rings (SSSR count). The van der Waals surface area contributed by atoms with Crippen LogP contribution >= 0.6 is 0 Å². The largest absolute Gasteiger partial charge is 2.00 e. The van der Waals surface area contributed by atoms with Gasteiger partial charge in [0.25, 0.3) is 0 Å². The molecule has 0 aliphatic rings. The average Bonchev–Trinajstić information content (AvgIpc) is 2.91. The zero-order valence-electron chi connectivity index (χ0n) is 23.7. The smallest absolute Gasteiger partial charge is 0.388 e. The molecule has 0 amide bonds. The molecule has 0 bridgehead atoms. The summed E-state index contributed by atoms with van der Waals surface area (Å²) < 4.78 is 0. The third-order valence-electron chi connectivity index (χ3n) is 5.36. The van der Waals surface area contributed by atoms with Crippen molar-refractivity contribution in [1.82, 2.24) is 0 Å². The van der Waals surface area contributed by atoms with Crippen molar-refractivity contribution < 1.29 is 29.4 Å². The molecule has 0 saturated carbocycles. The van der Waals surface area contributed by atoms with Gasteiger partial charge in [0, 0.05) is 5.56 Å². The minimum absolute atomic E-state index is 0. The third kappa shape index (κ3) is 20.6. The van der Waals surface area contributed by atoms with Crippen LogP contribution in [0.1, 0.15) is 100 Å². The van der Waals surface area contributed by atoms with Gasteiger partial charge in [-0.15, -0.1) is 5.41 Å². The molecule has 0 radical (unpaired) electrons. The molecule has 0 aromatic heterocycles. The van der Waals surface area contributed by atoms with Crippen molar-refractivity contribution in [2.75, 3.05) is 0 Å². The number of aliphatic hydroxyl groups excluding tert-OH is 1. The Hall–Kier alpha value is -2.09. The van der Waals surface area contributed by atoms with Crippen LogP contribution in [0.2, 0.25) is 0 Å². The summed E-state index contributed by atoms with van der Waals surface area (Å²) in [5, 5.41) is 9.75. The summed E-state index contributed by atoms with van der Waals surface area (Å²) in [6.45, 7) is 16.3. The van der Waals surface area contributed by atoms with Crippen molar-refractivity contribution in [3.05, 3.63) is 122 Å². The van der Waals surface area contributed by atoms with Crippen LogP contribution in [0.4, 0.5) is 0 Å². The van der Waals surface area contributed by atoms with E-state index in [4.69, 9.17) is 0 Å². The van der Waals surface area contributed by atoms with Gasteiger partial charge in [-0.05, 0) is 12.0 Å². The maximum Gasteiger partial charge on any atom is 2.00 e. The van der Waals surface area contributed by atoms with Gasteiger partial charge in [-0.25, -0.2) is 0 Å². The van der Waals surface area contributed by atoms with Gasteiger partial charge in [0.1, 0.15) is 6.29 Å². The van der Waals surface area contributed by atoms with Crippen LogP contribution in [0, 0.1) is 13.8 Å². The Morgan fingerprint density at radius 2 is 1.24 bits per heavy atom. The van der Waals surface area contributed by atoms with E-state index >= 15 is 0 Å². The number of hydrogen-bond acceptors (Lipinski definition) is 2. The van der Waals surface area contributed by atoms with Crippen molar-refractivity contribution in [3.8, 4) is 0 Å². The number of hydrogen-bond donors (Lipinski definition) is 1. The van der Waals surface area contributed by atoms with E-state index in [-0.39, 0.29) is 31.0 Å². The molecule has 0 heterocycles. The van der Waals surface area contributed by atoms with Crippen molar-refractivity contribution >= 4 is 6.29 Å². The molecule has 0 spiro atoms. The molecular formula is C34H48O2Zn. The van der Waals surface area contributed by atoms with Crippen molar-refractivity contribution in [2.24, 2.45) is 0 Å². The number of aldehydes is 1. The van der Waals surface area contributed by atoms with E-state index in [1.807, 2.05) is 66.7 Å². The van der Waals surface area contributed by atoms with E-state index in [2.05, 4.69) is 53.7 Å². The molecular weight excluding hydrogens is 506 g/mol. The molecule has 3 aromatic rings. The fourth-order valence-corrected chi connectivity index (χ4v) is 3.10. The summed E-state index contributed by atoms with van der Waals surface area (Å²) in [7, 11) is 0. The number of carbonyl (C=O) groups is 1. The molecule has 0 unspecified atom stereocenters. The van der Waals surface area contributed by atoms with E-state index in [0.29, 0.717) is 0 Å². The van der Waals surface area contributed by atoms with Crippen LogP contribution in [0.25, 0.3) is 0 Å². The van der Waals surface area contributed by atoms with Crippen LogP contribution in [0.5, 0.6) is 0 Å². The minimum atomic E-state index is -0.271. The van der Waals surface area contributed by atoms with Crippen molar-refractivity contribution in [2.45, 2.75) is 84.2 Å². The molecule has 0 aliphatic carbocycles. The number of benzene rings is 3. The summed E-state index contributed by atoms with van der Waals surface area (Å²) >= 11 is 0. The number of unbranched alkanes of at least 4 members (excludes halogenated alkanes) is 4. The average molecular weight is 554 g/mol. The van der Waals surface area contributed by atoms with Crippen LogP contribution in [-0.2, 0) is 24.9 Å². The zero-order valence-corrected chi connectivity index (χ0v) is 26.7. The molecule has 0 saturated heterocycles. The summed E-state index contributed by atoms with van der Waals surface area (Å²) in [5.41, 5.74) is 3.10. The molecule has 3 aromatic carbocycles. The van der Waals surface area contributed by atoms with Gasteiger partial charge in [0.15, 0.2) is 0 Å². The van der Waals surface area contributed by atoms with E-state index in [0.717, 1.165) is 36.7 Å². The first kappa shape index (κ1) is 37.1. The molecule has 0 aliphatic heterocycles. The third-order valence-corrected chi connectivity index (χ3v) is 5.36. The maximum absolute atomic E-state index is 10.0. The SMILES string of the molecule is CCCCC[C@H](O)c1ccccc1.O=Cc1ccccc1.[CH2-]C(C)(C)c1ccccc1.[CH2-]CCCC.[Zn+2]. The number of aliphatic hydroxyl groups is 1. The fourth-order valence-electron chi connectivity index (χ4n) is 3.10. The monoisotopic (exact) mass is 552 g/mol. The minimum Gasteiger partial charge on any atom is -0.388 e. The van der Waals surface area contributed by atoms with E-state index < -0.39 is 0 Å². The first-order chi connectivity index (χ1) is 17.3. The molecule has 1 atom stereocenters. The molecule has 37 heavy (non-hydrogen) atoms. The van der Waals surface area contributed by atoms with Crippen LogP contribution in [0.3, 0.4) is 0 Å². The maximum atomic E-state index is 10.0. The predicted octanol–water partition coefficient (Wildman–Crippen LogP) is 9.61. The molecule has 1 N–H and O–H groups in total. The second-order valence-corrected chi connectivity index (χ2v) is 9.41. The van der Waals surface area contributed by atoms with Gasteiger partial charge in [0.05, 0.1) is 6.10 Å². The quantitative estimate of drug-likeness (QED) is 0.124. The number of rotatable bonds is 9.